The van der Waals surface area contributed by atoms with Crippen molar-refractivity contribution in [2.45, 2.75) is 6.92 Å². The molecule has 0 radical (unpaired) electrons. The lowest BCUT2D eigenvalue weighted by molar-refractivity contribution is 0.0526. The predicted octanol–water partition coefficient (Wildman–Crippen LogP) is 4.23. The summed E-state index contributed by atoms with van der Waals surface area (Å²) in [6.07, 6.45) is 3.15. The monoisotopic (exact) mass is 295 g/mol. The van der Waals surface area contributed by atoms with Crippen molar-refractivity contribution in [2.24, 2.45) is 0 Å². The van der Waals surface area contributed by atoms with Gasteiger partial charge < -0.3 is 4.74 Å². The molecule has 2 rings (SSSR count). The van der Waals surface area contributed by atoms with Gasteiger partial charge in [-0.2, -0.15) is 0 Å². The molecule has 0 saturated carbocycles. The van der Waals surface area contributed by atoms with Gasteiger partial charge in [0.2, 0.25) is 0 Å². The van der Waals surface area contributed by atoms with E-state index in [0.29, 0.717) is 27.8 Å². The van der Waals surface area contributed by atoms with Crippen LogP contribution in [0.2, 0.25) is 10.0 Å². The lowest BCUT2D eigenvalue weighted by atomic mass is 10.0. The number of hydrogen-bond donors (Lipinski definition) is 0. The Morgan fingerprint density at radius 1 is 1.21 bits per heavy atom. The Morgan fingerprint density at radius 3 is 2.68 bits per heavy atom. The third-order valence-corrected chi connectivity index (χ3v) is 3.17. The maximum absolute atomic E-state index is 11.7. The lowest BCUT2D eigenvalue weighted by Crippen LogP contribution is -2.04. The molecule has 0 saturated heterocycles. The fourth-order valence-corrected chi connectivity index (χ4v) is 2.11. The highest BCUT2D eigenvalue weighted by Crippen LogP contribution is 2.33. The van der Waals surface area contributed by atoms with Gasteiger partial charge in [-0.3, -0.25) is 4.98 Å². The maximum atomic E-state index is 11.7. The molecule has 1 heterocycles. The average molecular weight is 296 g/mol. The Labute approximate surface area is 121 Å². The van der Waals surface area contributed by atoms with Crippen LogP contribution in [-0.4, -0.2) is 17.6 Å². The molecule has 0 bridgehead atoms. The lowest BCUT2D eigenvalue weighted by Gasteiger charge is -2.08. The van der Waals surface area contributed by atoms with Crippen LogP contribution in [0.15, 0.2) is 36.7 Å². The quantitative estimate of drug-likeness (QED) is 0.796. The second kappa shape index (κ2) is 6.04. The molecular formula is C14H11Cl2NO2. The molecule has 19 heavy (non-hydrogen) atoms. The summed E-state index contributed by atoms with van der Waals surface area (Å²) in [5.41, 5.74) is 1.85. The van der Waals surface area contributed by atoms with E-state index < -0.39 is 0 Å². The Balaban J connectivity index is 2.49. The summed E-state index contributed by atoms with van der Waals surface area (Å²) in [5.74, 6) is -0.384. The molecule has 1 aromatic heterocycles. The van der Waals surface area contributed by atoms with Crippen molar-refractivity contribution in [3.05, 3.63) is 52.3 Å². The van der Waals surface area contributed by atoms with Crippen LogP contribution in [0.4, 0.5) is 0 Å². The molecule has 98 valence electrons. The zero-order valence-electron chi connectivity index (χ0n) is 10.2. The van der Waals surface area contributed by atoms with Gasteiger partial charge in [-0.25, -0.2) is 4.79 Å². The molecule has 2 aromatic rings. The minimum absolute atomic E-state index is 0.326. The van der Waals surface area contributed by atoms with Gasteiger partial charge in [0, 0.05) is 28.5 Å². The smallest absolute Gasteiger partial charge is 0.338 e. The van der Waals surface area contributed by atoms with Crippen LogP contribution in [0.25, 0.3) is 11.1 Å². The molecule has 0 aliphatic heterocycles. The van der Waals surface area contributed by atoms with Gasteiger partial charge in [0.1, 0.15) is 0 Å². The largest absolute Gasteiger partial charge is 0.462 e. The van der Waals surface area contributed by atoms with Crippen LogP contribution in [0, 0.1) is 0 Å². The van der Waals surface area contributed by atoms with Crippen molar-refractivity contribution in [1.82, 2.24) is 4.98 Å². The van der Waals surface area contributed by atoms with Crippen LogP contribution in [0.5, 0.6) is 0 Å². The van der Waals surface area contributed by atoms with E-state index in [1.54, 1.807) is 37.4 Å². The van der Waals surface area contributed by atoms with Crippen LogP contribution < -0.4 is 0 Å². The molecule has 5 heteroatoms. The summed E-state index contributed by atoms with van der Waals surface area (Å²) in [7, 11) is 0. The van der Waals surface area contributed by atoms with Crippen molar-refractivity contribution in [2.75, 3.05) is 6.61 Å². The third kappa shape index (κ3) is 3.06. The van der Waals surface area contributed by atoms with Crippen molar-refractivity contribution < 1.29 is 9.53 Å². The molecule has 0 aliphatic carbocycles. The molecule has 0 unspecified atom stereocenters. The highest BCUT2D eigenvalue weighted by molar-refractivity contribution is 6.36. The molecule has 0 amide bonds. The Kier molecular flexibility index (Phi) is 4.40. The van der Waals surface area contributed by atoms with E-state index in [4.69, 9.17) is 27.9 Å². The summed E-state index contributed by atoms with van der Waals surface area (Å²) in [6.45, 7) is 2.08. The highest BCUT2D eigenvalue weighted by Gasteiger charge is 2.12. The number of aromatic nitrogens is 1. The summed E-state index contributed by atoms with van der Waals surface area (Å²) in [5, 5.41) is 0.992. The van der Waals surface area contributed by atoms with Gasteiger partial charge in [-0.05, 0) is 31.2 Å². The number of pyridine rings is 1. The Bertz CT molecular complexity index is 614. The number of halogens is 2. The molecule has 0 aliphatic rings. The molecule has 0 atom stereocenters. The van der Waals surface area contributed by atoms with E-state index in [9.17, 15) is 4.79 Å². The fourth-order valence-electron chi connectivity index (χ4n) is 1.67. The maximum Gasteiger partial charge on any atom is 0.338 e. The van der Waals surface area contributed by atoms with Crippen molar-refractivity contribution in [3.63, 3.8) is 0 Å². The van der Waals surface area contributed by atoms with Gasteiger partial charge in [0.25, 0.3) is 0 Å². The van der Waals surface area contributed by atoms with Crippen LogP contribution >= 0.6 is 23.2 Å². The first-order valence-electron chi connectivity index (χ1n) is 5.70. The standard InChI is InChI=1S/C14H11Cl2NO2/c1-2-19-14(18)9-3-4-12(15)11(7-9)10-5-6-17-8-13(10)16/h3-8H,2H2,1H3. The van der Waals surface area contributed by atoms with Crippen LogP contribution in [-0.2, 0) is 4.74 Å². The number of hydrogen-bond acceptors (Lipinski definition) is 3. The minimum atomic E-state index is -0.384. The third-order valence-electron chi connectivity index (χ3n) is 2.54. The molecular weight excluding hydrogens is 285 g/mol. The molecule has 0 spiro atoms. The van der Waals surface area contributed by atoms with Gasteiger partial charge >= 0.3 is 5.97 Å². The van der Waals surface area contributed by atoms with Gasteiger partial charge in [-0.1, -0.05) is 23.2 Å². The first-order chi connectivity index (χ1) is 9.13. The number of carbonyl (C=O) groups excluding carboxylic acids is 1. The zero-order chi connectivity index (χ0) is 13.8. The number of carbonyl (C=O) groups is 1. The van der Waals surface area contributed by atoms with E-state index in [2.05, 4.69) is 4.98 Å². The van der Waals surface area contributed by atoms with E-state index in [1.807, 2.05) is 0 Å². The van der Waals surface area contributed by atoms with Gasteiger partial charge in [0.15, 0.2) is 0 Å². The summed E-state index contributed by atoms with van der Waals surface area (Å²) < 4.78 is 4.96. The summed E-state index contributed by atoms with van der Waals surface area (Å²) in [6, 6.07) is 6.69. The molecule has 0 N–H and O–H groups in total. The number of rotatable bonds is 3. The van der Waals surface area contributed by atoms with E-state index >= 15 is 0 Å². The SMILES string of the molecule is CCOC(=O)c1ccc(Cl)c(-c2ccncc2Cl)c1. The predicted molar refractivity (Wildman–Crippen MR) is 75.6 cm³/mol. The van der Waals surface area contributed by atoms with Crippen molar-refractivity contribution >= 4 is 29.2 Å². The normalized spacial score (nSPS) is 10.3. The first-order valence-corrected chi connectivity index (χ1v) is 6.45. The van der Waals surface area contributed by atoms with Gasteiger partial charge in [-0.15, -0.1) is 0 Å². The second-order valence-electron chi connectivity index (χ2n) is 3.77. The van der Waals surface area contributed by atoms with E-state index in [-0.39, 0.29) is 5.97 Å². The summed E-state index contributed by atoms with van der Waals surface area (Å²) in [4.78, 5) is 15.6. The fraction of sp³-hybridized carbons (Fsp3) is 0.143. The zero-order valence-corrected chi connectivity index (χ0v) is 11.7. The van der Waals surface area contributed by atoms with E-state index in [1.165, 1.54) is 6.20 Å². The van der Waals surface area contributed by atoms with Gasteiger partial charge in [0.05, 0.1) is 17.2 Å². The molecule has 0 fully saturated rings. The topological polar surface area (TPSA) is 39.2 Å². The van der Waals surface area contributed by atoms with Crippen LogP contribution in [0.3, 0.4) is 0 Å². The van der Waals surface area contributed by atoms with Crippen LogP contribution in [0.1, 0.15) is 17.3 Å². The first kappa shape index (κ1) is 13.8. The minimum Gasteiger partial charge on any atom is -0.462 e. The molecule has 1 aromatic carbocycles. The average Bonchev–Trinajstić information content (AvgIpc) is 2.40. The van der Waals surface area contributed by atoms with Crippen molar-refractivity contribution in [3.8, 4) is 11.1 Å². The number of esters is 1. The number of nitrogens with zero attached hydrogens (tertiary/aromatic N) is 1. The summed E-state index contributed by atoms with van der Waals surface area (Å²) >= 11 is 12.2. The Morgan fingerprint density at radius 2 is 2.00 bits per heavy atom. The number of benzene rings is 1. The van der Waals surface area contributed by atoms with Crippen molar-refractivity contribution in [1.29, 1.82) is 0 Å². The molecule has 3 nitrogen and oxygen atoms in total. The highest BCUT2D eigenvalue weighted by atomic mass is 35.5. The van der Waals surface area contributed by atoms with E-state index in [0.717, 1.165) is 5.56 Å². The second-order valence-corrected chi connectivity index (χ2v) is 4.59. The number of ether oxygens (including phenoxy) is 1. The Hall–Kier alpha value is -1.58.